The fourth-order valence-electron chi connectivity index (χ4n) is 2.60. The topological polar surface area (TPSA) is 64.2 Å². The second-order valence-corrected chi connectivity index (χ2v) is 4.92. The van der Waals surface area contributed by atoms with Crippen LogP contribution >= 0.6 is 0 Å². The summed E-state index contributed by atoms with van der Waals surface area (Å²) in [6.45, 7) is 1.45. The van der Waals surface area contributed by atoms with Crippen LogP contribution in [0.2, 0.25) is 0 Å². The number of likely N-dealkylation sites (tertiary alicyclic amines) is 1. The summed E-state index contributed by atoms with van der Waals surface area (Å²) in [5, 5.41) is 4.11. The van der Waals surface area contributed by atoms with Gasteiger partial charge in [-0.2, -0.15) is 5.10 Å². The van der Waals surface area contributed by atoms with Gasteiger partial charge in [-0.3, -0.25) is 9.48 Å². The predicted molar refractivity (Wildman–Crippen MR) is 69.9 cm³/mol. The molecule has 1 aromatic rings. The third kappa shape index (κ3) is 2.90. The van der Waals surface area contributed by atoms with E-state index in [0.717, 1.165) is 31.5 Å². The minimum absolute atomic E-state index is 0.228. The first kappa shape index (κ1) is 13.1. The van der Waals surface area contributed by atoms with Crippen molar-refractivity contribution >= 4 is 5.91 Å². The van der Waals surface area contributed by atoms with Crippen LogP contribution in [0.4, 0.5) is 0 Å². The fourth-order valence-corrected chi connectivity index (χ4v) is 2.60. The highest BCUT2D eigenvalue weighted by atomic mass is 16.2. The molecule has 5 heteroatoms. The van der Waals surface area contributed by atoms with E-state index in [4.69, 9.17) is 5.73 Å². The molecule has 0 saturated carbocycles. The molecule has 2 N–H and O–H groups in total. The molecule has 18 heavy (non-hydrogen) atoms. The van der Waals surface area contributed by atoms with Gasteiger partial charge in [0, 0.05) is 44.5 Å². The number of carbonyl (C=O) groups is 1. The highest BCUT2D eigenvalue weighted by Crippen LogP contribution is 2.17. The van der Waals surface area contributed by atoms with Crippen LogP contribution in [-0.2, 0) is 18.3 Å². The molecule has 0 spiro atoms. The predicted octanol–water partition coefficient (Wildman–Crippen LogP) is 0.693. The molecule has 100 valence electrons. The summed E-state index contributed by atoms with van der Waals surface area (Å²) >= 11 is 0. The van der Waals surface area contributed by atoms with Gasteiger partial charge in [0.15, 0.2) is 0 Å². The van der Waals surface area contributed by atoms with E-state index in [-0.39, 0.29) is 11.9 Å². The molecule has 2 heterocycles. The molecule has 2 rings (SSSR count). The summed E-state index contributed by atoms with van der Waals surface area (Å²) in [7, 11) is 1.91. The monoisotopic (exact) mass is 250 g/mol. The Hall–Kier alpha value is -1.36. The molecular formula is C13H22N4O. The highest BCUT2D eigenvalue weighted by molar-refractivity contribution is 5.76. The SMILES string of the molecule is Cn1nccc1CCC(=O)N1CCCC[C@H]1CN. The number of hydrogen-bond acceptors (Lipinski definition) is 3. The molecule has 0 radical (unpaired) electrons. The Morgan fingerprint density at radius 2 is 2.39 bits per heavy atom. The van der Waals surface area contributed by atoms with E-state index in [0.29, 0.717) is 13.0 Å². The molecule has 1 aromatic heterocycles. The largest absolute Gasteiger partial charge is 0.338 e. The molecule has 1 aliphatic rings. The fraction of sp³-hybridized carbons (Fsp3) is 0.692. The van der Waals surface area contributed by atoms with Crippen molar-refractivity contribution in [3.63, 3.8) is 0 Å². The molecule has 0 aliphatic carbocycles. The lowest BCUT2D eigenvalue weighted by atomic mass is 10.0. The summed E-state index contributed by atoms with van der Waals surface area (Å²) in [6.07, 6.45) is 6.41. The van der Waals surface area contributed by atoms with Gasteiger partial charge in [-0.15, -0.1) is 0 Å². The number of hydrogen-bond donors (Lipinski definition) is 1. The number of rotatable bonds is 4. The number of nitrogens with two attached hydrogens (primary N) is 1. The number of aromatic nitrogens is 2. The molecule has 5 nitrogen and oxygen atoms in total. The average Bonchev–Trinajstić information content (AvgIpc) is 2.81. The van der Waals surface area contributed by atoms with Crippen molar-refractivity contribution in [2.24, 2.45) is 12.8 Å². The van der Waals surface area contributed by atoms with Crippen LogP contribution in [0.1, 0.15) is 31.4 Å². The summed E-state index contributed by atoms with van der Waals surface area (Å²) in [5.74, 6) is 0.228. The van der Waals surface area contributed by atoms with Gasteiger partial charge in [0.25, 0.3) is 0 Å². The Kier molecular flexibility index (Phi) is 4.36. The second kappa shape index (κ2) is 6.00. The summed E-state index contributed by atoms with van der Waals surface area (Å²) in [4.78, 5) is 14.2. The molecule has 0 bridgehead atoms. The number of carbonyl (C=O) groups excluding carboxylic acids is 1. The van der Waals surface area contributed by atoms with E-state index in [1.165, 1.54) is 6.42 Å². The zero-order valence-electron chi connectivity index (χ0n) is 11.0. The first-order valence-corrected chi connectivity index (χ1v) is 6.69. The van der Waals surface area contributed by atoms with Crippen molar-refractivity contribution in [2.45, 2.75) is 38.1 Å². The third-order valence-corrected chi connectivity index (χ3v) is 3.74. The van der Waals surface area contributed by atoms with Gasteiger partial charge >= 0.3 is 0 Å². The molecule has 1 aliphatic heterocycles. The van der Waals surface area contributed by atoms with E-state index in [2.05, 4.69) is 5.10 Å². The van der Waals surface area contributed by atoms with Crippen molar-refractivity contribution < 1.29 is 4.79 Å². The number of piperidine rings is 1. The zero-order chi connectivity index (χ0) is 13.0. The Morgan fingerprint density at radius 3 is 3.06 bits per heavy atom. The summed E-state index contributed by atoms with van der Waals surface area (Å²) in [5.41, 5.74) is 6.84. The highest BCUT2D eigenvalue weighted by Gasteiger charge is 2.25. The molecule has 0 aromatic carbocycles. The zero-order valence-corrected chi connectivity index (χ0v) is 11.0. The van der Waals surface area contributed by atoms with E-state index < -0.39 is 0 Å². The Labute approximate surface area is 108 Å². The van der Waals surface area contributed by atoms with Crippen LogP contribution < -0.4 is 5.73 Å². The Balaban J connectivity index is 1.89. The molecular weight excluding hydrogens is 228 g/mol. The minimum atomic E-state index is 0.228. The van der Waals surface area contributed by atoms with Crippen LogP contribution in [0.3, 0.4) is 0 Å². The summed E-state index contributed by atoms with van der Waals surface area (Å²) < 4.78 is 1.82. The average molecular weight is 250 g/mol. The van der Waals surface area contributed by atoms with Gasteiger partial charge in [0.05, 0.1) is 0 Å². The van der Waals surface area contributed by atoms with Gasteiger partial charge < -0.3 is 10.6 Å². The number of nitrogens with zero attached hydrogens (tertiary/aromatic N) is 3. The van der Waals surface area contributed by atoms with Crippen molar-refractivity contribution in [2.75, 3.05) is 13.1 Å². The van der Waals surface area contributed by atoms with Crippen molar-refractivity contribution in [1.82, 2.24) is 14.7 Å². The molecule has 0 unspecified atom stereocenters. The second-order valence-electron chi connectivity index (χ2n) is 4.92. The van der Waals surface area contributed by atoms with Crippen LogP contribution in [0.5, 0.6) is 0 Å². The Bertz CT molecular complexity index is 401. The van der Waals surface area contributed by atoms with Crippen LogP contribution in [0.15, 0.2) is 12.3 Å². The lowest BCUT2D eigenvalue weighted by Crippen LogP contribution is -2.47. The van der Waals surface area contributed by atoms with Crippen LogP contribution in [0, 0.1) is 0 Å². The maximum Gasteiger partial charge on any atom is 0.223 e. The maximum atomic E-state index is 12.2. The first-order chi connectivity index (χ1) is 8.72. The maximum absolute atomic E-state index is 12.2. The molecule has 1 saturated heterocycles. The summed E-state index contributed by atoms with van der Waals surface area (Å²) in [6, 6.07) is 2.21. The van der Waals surface area contributed by atoms with Crippen molar-refractivity contribution in [3.8, 4) is 0 Å². The Morgan fingerprint density at radius 1 is 1.56 bits per heavy atom. The molecule has 1 atom stereocenters. The van der Waals surface area contributed by atoms with E-state index in [9.17, 15) is 4.79 Å². The molecule has 1 fully saturated rings. The first-order valence-electron chi connectivity index (χ1n) is 6.69. The van der Waals surface area contributed by atoms with Gasteiger partial charge in [0.1, 0.15) is 0 Å². The normalized spacial score (nSPS) is 20.1. The van der Waals surface area contributed by atoms with Gasteiger partial charge in [-0.25, -0.2) is 0 Å². The van der Waals surface area contributed by atoms with E-state index in [1.54, 1.807) is 6.20 Å². The third-order valence-electron chi connectivity index (χ3n) is 3.74. The number of amides is 1. The van der Waals surface area contributed by atoms with Crippen molar-refractivity contribution in [1.29, 1.82) is 0 Å². The van der Waals surface area contributed by atoms with E-state index in [1.807, 2.05) is 22.7 Å². The van der Waals surface area contributed by atoms with Crippen LogP contribution in [0.25, 0.3) is 0 Å². The van der Waals surface area contributed by atoms with Gasteiger partial charge in [-0.1, -0.05) is 0 Å². The quantitative estimate of drug-likeness (QED) is 0.855. The molecule has 1 amide bonds. The minimum Gasteiger partial charge on any atom is -0.338 e. The van der Waals surface area contributed by atoms with Gasteiger partial charge in [0.2, 0.25) is 5.91 Å². The lowest BCUT2D eigenvalue weighted by Gasteiger charge is -2.35. The lowest BCUT2D eigenvalue weighted by molar-refractivity contribution is -0.134. The van der Waals surface area contributed by atoms with E-state index >= 15 is 0 Å². The van der Waals surface area contributed by atoms with Crippen molar-refractivity contribution in [3.05, 3.63) is 18.0 Å². The number of aryl methyl sites for hydroxylation is 2. The standard InChI is InChI=1S/C13H22N4O/c1-16-11(7-8-15-16)5-6-13(18)17-9-3-2-4-12(17)10-14/h7-8,12H,2-6,9-10,14H2,1H3/t12-/m0/s1. The smallest absolute Gasteiger partial charge is 0.223 e. The van der Waals surface area contributed by atoms with Crippen LogP contribution in [-0.4, -0.2) is 39.7 Å². The van der Waals surface area contributed by atoms with Gasteiger partial charge in [-0.05, 0) is 31.7 Å².